The van der Waals surface area contributed by atoms with E-state index in [4.69, 9.17) is 9.47 Å². The molecule has 0 heterocycles. The topological polar surface area (TPSA) is 114 Å². The van der Waals surface area contributed by atoms with E-state index in [0.29, 0.717) is 0 Å². The van der Waals surface area contributed by atoms with Gasteiger partial charge in [-0.1, -0.05) is 69.3 Å². The van der Waals surface area contributed by atoms with Gasteiger partial charge in [0.2, 0.25) is 5.91 Å². The summed E-state index contributed by atoms with van der Waals surface area (Å²) in [6, 6.07) is 13.7. The number of alkyl carbamates (subject to hydrolysis) is 1. The van der Waals surface area contributed by atoms with Gasteiger partial charge in [0, 0.05) is 13.0 Å². The van der Waals surface area contributed by atoms with Crippen molar-refractivity contribution < 1.29 is 29.0 Å². The SMILES string of the molecule is CO[C@H](C)[C@H](NC(=O)OCC1c2ccccc2-c2ccccc21)C(=O)N[C@H](C(=O)O)C(C)(C)C. The average molecular weight is 469 g/mol. The molecule has 3 rings (SSSR count). The highest BCUT2D eigenvalue weighted by molar-refractivity contribution is 5.90. The van der Waals surface area contributed by atoms with Gasteiger partial charge in [-0.05, 0) is 34.6 Å². The second-order valence-electron chi connectivity index (χ2n) is 9.53. The molecule has 2 aromatic carbocycles. The number of carboxylic acid groups (broad SMARTS) is 1. The Morgan fingerprint density at radius 1 is 0.971 bits per heavy atom. The van der Waals surface area contributed by atoms with Crippen LogP contribution in [0.2, 0.25) is 0 Å². The van der Waals surface area contributed by atoms with Gasteiger partial charge in [0.25, 0.3) is 0 Å². The minimum Gasteiger partial charge on any atom is -0.480 e. The predicted octanol–water partition coefficient (Wildman–Crippen LogP) is 3.54. The number of hydrogen-bond donors (Lipinski definition) is 3. The Labute approximate surface area is 199 Å². The maximum atomic E-state index is 12.9. The van der Waals surface area contributed by atoms with Crippen molar-refractivity contribution in [2.75, 3.05) is 13.7 Å². The lowest BCUT2D eigenvalue weighted by Gasteiger charge is -2.30. The van der Waals surface area contributed by atoms with Crippen LogP contribution in [-0.2, 0) is 19.1 Å². The molecule has 3 N–H and O–H groups in total. The number of benzene rings is 2. The molecule has 0 fully saturated rings. The highest BCUT2D eigenvalue weighted by atomic mass is 16.5. The number of hydrogen-bond acceptors (Lipinski definition) is 5. The summed E-state index contributed by atoms with van der Waals surface area (Å²) in [7, 11) is 1.41. The Morgan fingerprint density at radius 2 is 1.50 bits per heavy atom. The molecule has 0 saturated carbocycles. The molecule has 0 unspecified atom stereocenters. The van der Waals surface area contributed by atoms with Gasteiger partial charge in [-0.3, -0.25) is 4.79 Å². The third-order valence-electron chi connectivity index (χ3n) is 6.14. The molecule has 0 spiro atoms. The third-order valence-corrected chi connectivity index (χ3v) is 6.14. The van der Waals surface area contributed by atoms with E-state index in [9.17, 15) is 19.5 Å². The van der Waals surface area contributed by atoms with Crippen molar-refractivity contribution in [3.05, 3.63) is 59.7 Å². The van der Waals surface area contributed by atoms with E-state index in [1.807, 2.05) is 48.5 Å². The monoisotopic (exact) mass is 468 g/mol. The van der Waals surface area contributed by atoms with Gasteiger partial charge in [0.15, 0.2) is 0 Å². The molecular weight excluding hydrogens is 436 g/mol. The summed E-state index contributed by atoms with van der Waals surface area (Å²) >= 11 is 0. The number of amides is 2. The molecule has 0 bridgehead atoms. The lowest BCUT2D eigenvalue weighted by molar-refractivity contribution is -0.145. The molecule has 0 saturated heterocycles. The summed E-state index contributed by atoms with van der Waals surface area (Å²) in [4.78, 5) is 37.3. The number of carboxylic acids is 1. The maximum Gasteiger partial charge on any atom is 0.407 e. The van der Waals surface area contributed by atoms with Gasteiger partial charge in [0.05, 0.1) is 6.10 Å². The Bertz CT molecular complexity index is 1020. The van der Waals surface area contributed by atoms with Gasteiger partial charge in [-0.15, -0.1) is 0 Å². The van der Waals surface area contributed by atoms with E-state index in [1.165, 1.54) is 7.11 Å². The van der Waals surface area contributed by atoms with Crippen molar-refractivity contribution in [1.82, 2.24) is 10.6 Å². The van der Waals surface area contributed by atoms with Crippen LogP contribution in [-0.4, -0.2) is 55.0 Å². The standard InChI is InChI=1S/C26H32N2O6/c1-15(33-5)21(23(29)28-22(24(30)31)26(2,3)4)27-25(32)34-14-20-18-12-8-6-10-16(18)17-11-7-9-13-19(17)20/h6-13,15,20-22H,14H2,1-5H3,(H,27,32)(H,28,29)(H,30,31)/t15-,21+,22-/m1/s1. The quantitative estimate of drug-likeness (QED) is 0.546. The first-order valence-electron chi connectivity index (χ1n) is 11.2. The first kappa shape index (κ1) is 25.2. The van der Waals surface area contributed by atoms with Gasteiger partial charge in [0.1, 0.15) is 18.7 Å². The molecule has 0 aliphatic heterocycles. The van der Waals surface area contributed by atoms with Crippen LogP contribution >= 0.6 is 0 Å². The lowest BCUT2D eigenvalue weighted by Crippen LogP contribution is -2.58. The van der Waals surface area contributed by atoms with Crippen molar-refractivity contribution in [2.45, 2.75) is 51.8 Å². The van der Waals surface area contributed by atoms with Crippen molar-refractivity contribution >= 4 is 18.0 Å². The van der Waals surface area contributed by atoms with Crippen LogP contribution < -0.4 is 10.6 Å². The minimum absolute atomic E-state index is 0.0926. The number of ether oxygens (including phenoxy) is 2. The van der Waals surface area contributed by atoms with Crippen LogP contribution in [0.15, 0.2) is 48.5 Å². The highest BCUT2D eigenvalue weighted by Crippen LogP contribution is 2.44. The Balaban J connectivity index is 1.70. The molecule has 0 radical (unpaired) electrons. The van der Waals surface area contributed by atoms with Crippen LogP contribution in [0.1, 0.15) is 44.7 Å². The highest BCUT2D eigenvalue weighted by Gasteiger charge is 2.37. The fourth-order valence-corrected chi connectivity index (χ4v) is 4.18. The van der Waals surface area contributed by atoms with Gasteiger partial charge in [-0.25, -0.2) is 9.59 Å². The van der Waals surface area contributed by atoms with E-state index < -0.39 is 41.6 Å². The third kappa shape index (κ3) is 5.39. The van der Waals surface area contributed by atoms with Crippen LogP contribution in [0.4, 0.5) is 4.79 Å². The molecule has 8 nitrogen and oxygen atoms in total. The van der Waals surface area contributed by atoms with E-state index >= 15 is 0 Å². The number of rotatable bonds is 8. The van der Waals surface area contributed by atoms with Crippen molar-refractivity contribution in [2.24, 2.45) is 5.41 Å². The zero-order chi connectivity index (χ0) is 25.0. The molecule has 34 heavy (non-hydrogen) atoms. The van der Waals surface area contributed by atoms with Gasteiger partial charge >= 0.3 is 12.1 Å². The van der Waals surface area contributed by atoms with Crippen molar-refractivity contribution in [3.63, 3.8) is 0 Å². The van der Waals surface area contributed by atoms with Crippen LogP contribution in [0.3, 0.4) is 0 Å². The average Bonchev–Trinajstić information content (AvgIpc) is 3.11. The number of fused-ring (bicyclic) bond motifs is 3. The molecule has 3 atom stereocenters. The first-order chi connectivity index (χ1) is 16.0. The van der Waals surface area contributed by atoms with Crippen LogP contribution in [0, 0.1) is 5.41 Å². The van der Waals surface area contributed by atoms with Gasteiger partial charge in [-0.2, -0.15) is 0 Å². The molecule has 0 aromatic heterocycles. The van der Waals surface area contributed by atoms with E-state index in [0.717, 1.165) is 22.3 Å². The van der Waals surface area contributed by atoms with E-state index in [-0.39, 0.29) is 12.5 Å². The van der Waals surface area contributed by atoms with Crippen LogP contribution in [0.25, 0.3) is 11.1 Å². The van der Waals surface area contributed by atoms with Crippen LogP contribution in [0.5, 0.6) is 0 Å². The van der Waals surface area contributed by atoms with Gasteiger partial charge < -0.3 is 25.2 Å². The second kappa shape index (κ2) is 10.3. The number of carbonyl (C=O) groups is 3. The van der Waals surface area contributed by atoms with E-state index in [2.05, 4.69) is 10.6 Å². The van der Waals surface area contributed by atoms with Crippen molar-refractivity contribution in [1.29, 1.82) is 0 Å². The molecule has 8 heteroatoms. The number of aliphatic carboxylic acids is 1. The first-order valence-corrected chi connectivity index (χ1v) is 11.2. The Hall–Kier alpha value is -3.39. The summed E-state index contributed by atoms with van der Waals surface area (Å²) in [5, 5.41) is 14.6. The summed E-state index contributed by atoms with van der Waals surface area (Å²) in [5.74, 6) is -1.95. The smallest absolute Gasteiger partial charge is 0.407 e. The Kier molecular flexibility index (Phi) is 7.61. The fraction of sp³-hybridized carbons (Fsp3) is 0.423. The fourth-order valence-electron chi connectivity index (χ4n) is 4.18. The number of carbonyl (C=O) groups excluding carboxylic acids is 2. The number of nitrogens with one attached hydrogen (secondary N) is 2. The minimum atomic E-state index is -1.16. The second-order valence-corrected chi connectivity index (χ2v) is 9.53. The molecule has 2 amide bonds. The molecule has 1 aliphatic carbocycles. The molecular formula is C26H32N2O6. The normalized spacial score (nSPS) is 15.4. The lowest BCUT2D eigenvalue weighted by atomic mass is 9.86. The Morgan fingerprint density at radius 3 is 1.97 bits per heavy atom. The van der Waals surface area contributed by atoms with Crippen molar-refractivity contribution in [3.8, 4) is 11.1 Å². The summed E-state index contributed by atoms with van der Waals surface area (Å²) in [6.45, 7) is 6.83. The number of methoxy groups -OCH3 is 1. The van der Waals surface area contributed by atoms with E-state index in [1.54, 1.807) is 27.7 Å². The summed E-state index contributed by atoms with van der Waals surface area (Å²) in [6.07, 6.45) is -1.50. The molecule has 182 valence electrons. The summed E-state index contributed by atoms with van der Waals surface area (Å²) < 4.78 is 10.8. The zero-order valence-corrected chi connectivity index (χ0v) is 20.1. The predicted molar refractivity (Wildman–Crippen MR) is 127 cm³/mol. The zero-order valence-electron chi connectivity index (χ0n) is 20.1. The largest absolute Gasteiger partial charge is 0.480 e. The summed E-state index contributed by atoms with van der Waals surface area (Å²) in [5.41, 5.74) is 3.64. The maximum absolute atomic E-state index is 12.9. The molecule has 1 aliphatic rings. The molecule has 2 aromatic rings.